The lowest BCUT2D eigenvalue weighted by Gasteiger charge is -2.32. The summed E-state index contributed by atoms with van der Waals surface area (Å²) < 4.78 is 27.2. The van der Waals surface area contributed by atoms with Gasteiger partial charge in [0.1, 0.15) is 0 Å². The summed E-state index contributed by atoms with van der Waals surface area (Å²) in [7, 11) is -0.178. The maximum atomic E-state index is 12.2. The first-order valence-electron chi connectivity index (χ1n) is 7.95. The zero-order valence-electron chi connectivity index (χ0n) is 13.9. The molecule has 1 N–H and O–H groups in total. The van der Waals surface area contributed by atoms with Crippen molar-refractivity contribution in [3.05, 3.63) is 30.5 Å². The number of hydrogen-bond acceptors (Lipinski definition) is 5. The minimum Gasteiger partial charge on any atom is -0.285 e. The standard InChI is InChI=1S/C15H22N6O2S/c1-20(2)24(22,23)21-7-3-12(4-8-21)9-14-15(17-6-5-16-14)13-10-18-19-11-13/h5-6,10-12H,3-4,7-9H2,1-2H3,(H,18,19). The van der Waals surface area contributed by atoms with Crippen LogP contribution in [-0.2, 0) is 16.6 Å². The second kappa shape index (κ2) is 6.96. The summed E-state index contributed by atoms with van der Waals surface area (Å²) in [5, 5.41) is 6.77. The van der Waals surface area contributed by atoms with E-state index in [-0.39, 0.29) is 0 Å². The van der Waals surface area contributed by atoms with Crippen molar-refractivity contribution in [2.75, 3.05) is 27.2 Å². The molecule has 0 saturated carbocycles. The Morgan fingerprint density at radius 1 is 1.25 bits per heavy atom. The van der Waals surface area contributed by atoms with Crippen molar-refractivity contribution in [1.82, 2.24) is 28.8 Å². The molecule has 1 saturated heterocycles. The maximum absolute atomic E-state index is 12.2. The molecule has 0 unspecified atom stereocenters. The fourth-order valence-corrected chi connectivity index (χ4v) is 4.12. The van der Waals surface area contributed by atoms with E-state index in [4.69, 9.17) is 0 Å². The van der Waals surface area contributed by atoms with Gasteiger partial charge in [0.05, 0.1) is 17.6 Å². The van der Waals surface area contributed by atoms with Crippen molar-refractivity contribution < 1.29 is 8.42 Å². The van der Waals surface area contributed by atoms with Crippen LogP contribution in [0.3, 0.4) is 0 Å². The molecule has 0 aromatic carbocycles. The van der Waals surface area contributed by atoms with Crippen LogP contribution in [0.4, 0.5) is 0 Å². The Balaban J connectivity index is 1.68. The molecule has 0 amide bonds. The molecule has 0 atom stereocenters. The Hall–Kier alpha value is -1.84. The van der Waals surface area contributed by atoms with E-state index in [1.165, 1.54) is 4.31 Å². The first-order valence-corrected chi connectivity index (χ1v) is 9.35. The number of aromatic nitrogens is 4. The maximum Gasteiger partial charge on any atom is 0.281 e. The number of aromatic amines is 1. The monoisotopic (exact) mass is 350 g/mol. The number of hydrogen-bond donors (Lipinski definition) is 1. The fourth-order valence-electron chi connectivity index (χ4n) is 2.99. The SMILES string of the molecule is CN(C)S(=O)(=O)N1CCC(Cc2nccnc2-c2cn[nH]c2)CC1. The van der Waals surface area contributed by atoms with Gasteiger partial charge < -0.3 is 0 Å². The number of piperidine rings is 1. The Labute approximate surface area is 142 Å². The van der Waals surface area contributed by atoms with Gasteiger partial charge in [-0.3, -0.25) is 15.1 Å². The van der Waals surface area contributed by atoms with Crippen LogP contribution < -0.4 is 0 Å². The molecule has 0 aliphatic carbocycles. The smallest absolute Gasteiger partial charge is 0.281 e. The van der Waals surface area contributed by atoms with Crippen molar-refractivity contribution in [3.8, 4) is 11.3 Å². The average molecular weight is 350 g/mol. The van der Waals surface area contributed by atoms with E-state index in [1.54, 1.807) is 43.2 Å². The molecule has 1 fully saturated rings. The van der Waals surface area contributed by atoms with E-state index < -0.39 is 10.2 Å². The molecule has 24 heavy (non-hydrogen) atoms. The molecule has 3 rings (SSSR count). The van der Waals surface area contributed by atoms with Gasteiger partial charge in [-0.2, -0.15) is 22.1 Å². The van der Waals surface area contributed by atoms with Crippen molar-refractivity contribution >= 4 is 10.2 Å². The third-order valence-electron chi connectivity index (χ3n) is 4.39. The summed E-state index contributed by atoms with van der Waals surface area (Å²) in [6.45, 7) is 1.10. The van der Waals surface area contributed by atoms with Crippen LogP contribution in [0, 0.1) is 5.92 Å². The van der Waals surface area contributed by atoms with Gasteiger partial charge in [-0.05, 0) is 25.2 Å². The van der Waals surface area contributed by atoms with Crippen LogP contribution in [0.1, 0.15) is 18.5 Å². The predicted octanol–water partition coefficient (Wildman–Crippen LogP) is 0.928. The van der Waals surface area contributed by atoms with E-state index in [9.17, 15) is 8.42 Å². The average Bonchev–Trinajstić information content (AvgIpc) is 3.10. The van der Waals surface area contributed by atoms with Gasteiger partial charge in [0.25, 0.3) is 10.2 Å². The van der Waals surface area contributed by atoms with Crippen LogP contribution in [-0.4, -0.2) is 64.4 Å². The van der Waals surface area contributed by atoms with Crippen molar-refractivity contribution in [3.63, 3.8) is 0 Å². The number of H-pyrrole nitrogens is 1. The number of nitrogens with one attached hydrogen (secondary N) is 1. The highest BCUT2D eigenvalue weighted by Gasteiger charge is 2.30. The fraction of sp³-hybridized carbons (Fsp3) is 0.533. The molecule has 0 radical (unpaired) electrons. The normalized spacial score (nSPS) is 17.5. The molecule has 3 heterocycles. The Morgan fingerprint density at radius 2 is 1.96 bits per heavy atom. The van der Waals surface area contributed by atoms with Crippen LogP contribution in [0.25, 0.3) is 11.3 Å². The van der Waals surface area contributed by atoms with Gasteiger partial charge in [0.2, 0.25) is 0 Å². The van der Waals surface area contributed by atoms with Crippen molar-refractivity contribution in [2.24, 2.45) is 5.92 Å². The molecular weight excluding hydrogens is 328 g/mol. The van der Waals surface area contributed by atoms with E-state index >= 15 is 0 Å². The zero-order chi connectivity index (χ0) is 17.2. The lowest BCUT2D eigenvalue weighted by Crippen LogP contribution is -2.44. The van der Waals surface area contributed by atoms with Crippen LogP contribution in [0.2, 0.25) is 0 Å². The summed E-state index contributed by atoms with van der Waals surface area (Å²) in [6, 6.07) is 0. The molecule has 1 aliphatic rings. The minimum atomic E-state index is -3.31. The summed E-state index contributed by atoms with van der Waals surface area (Å²) >= 11 is 0. The highest BCUT2D eigenvalue weighted by Crippen LogP contribution is 2.26. The summed E-state index contributed by atoms with van der Waals surface area (Å²) in [6.07, 6.45) is 9.37. The lowest BCUT2D eigenvalue weighted by atomic mass is 9.92. The Morgan fingerprint density at radius 3 is 2.58 bits per heavy atom. The summed E-state index contributed by atoms with van der Waals surface area (Å²) in [4.78, 5) is 8.91. The van der Waals surface area contributed by atoms with E-state index in [0.717, 1.165) is 36.2 Å². The van der Waals surface area contributed by atoms with Crippen molar-refractivity contribution in [1.29, 1.82) is 0 Å². The molecule has 8 nitrogen and oxygen atoms in total. The molecule has 0 spiro atoms. The molecule has 2 aromatic heterocycles. The van der Waals surface area contributed by atoms with E-state index in [1.807, 2.05) is 0 Å². The second-order valence-electron chi connectivity index (χ2n) is 6.18. The van der Waals surface area contributed by atoms with Crippen LogP contribution in [0.5, 0.6) is 0 Å². The van der Waals surface area contributed by atoms with Gasteiger partial charge in [-0.25, -0.2) is 0 Å². The number of rotatable bonds is 5. The van der Waals surface area contributed by atoms with E-state index in [2.05, 4.69) is 20.2 Å². The topological polar surface area (TPSA) is 95.1 Å². The Bertz CT molecular complexity index is 767. The van der Waals surface area contributed by atoms with Gasteiger partial charge in [0, 0.05) is 51.3 Å². The van der Waals surface area contributed by atoms with Gasteiger partial charge in [-0.15, -0.1) is 0 Å². The summed E-state index contributed by atoms with van der Waals surface area (Å²) in [5.74, 6) is 0.404. The molecule has 0 bridgehead atoms. The minimum absolute atomic E-state index is 0.404. The highest BCUT2D eigenvalue weighted by atomic mass is 32.2. The van der Waals surface area contributed by atoms with Gasteiger partial charge in [-0.1, -0.05) is 0 Å². The first-order chi connectivity index (χ1) is 11.5. The number of nitrogens with zero attached hydrogens (tertiary/aromatic N) is 5. The highest BCUT2D eigenvalue weighted by molar-refractivity contribution is 7.86. The molecule has 1 aliphatic heterocycles. The Kier molecular flexibility index (Phi) is 4.93. The van der Waals surface area contributed by atoms with Crippen LogP contribution in [0.15, 0.2) is 24.8 Å². The van der Waals surface area contributed by atoms with Crippen LogP contribution >= 0.6 is 0 Å². The predicted molar refractivity (Wildman–Crippen MR) is 90.2 cm³/mol. The molecule has 130 valence electrons. The van der Waals surface area contributed by atoms with E-state index in [0.29, 0.717) is 19.0 Å². The molecule has 9 heteroatoms. The van der Waals surface area contributed by atoms with Crippen molar-refractivity contribution in [2.45, 2.75) is 19.3 Å². The quantitative estimate of drug-likeness (QED) is 0.865. The molecule has 2 aromatic rings. The molecular formula is C15H22N6O2S. The van der Waals surface area contributed by atoms with Gasteiger partial charge in [0.15, 0.2) is 0 Å². The third kappa shape index (κ3) is 3.47. The zero-order valence-corrected chi connectivity index (χ0v) is 14.7. The summed E-state index contributed by atoms with van der Waals surface area (Å²) in [5.41, 5.74) is 2.70. The second-order valence-corrected chi connectivity index (χ2v) is 8.32. The van der Waals surface area contributed by atoms with Gasteiger partial charge >= 0.3 is 0 Å². The third-order valence-corrected chi connectivity index (χ3v) is 6.33. The largest absolute Gasteiger partial charge is 0.285 e. The lowest BCUT2D eigenvalue weighted by molar-refractivity contribution is 0.261. The first kappa shape index (κ1) is 17.0.